The molecule has 0 saturated carbocycles. The SMILES string of the molecule is C=C(C)CCC(CSc1ccccc1Cl)NCC. The van der Waals surface area contributed by atoms with Crippen molar-refractivity contribution in [3.63, 3.8) is 0 Å². The van der Waals surface area contributed by atoms with Gasteiger partial charge >= 0.3 is 0 Å². The molecule has 100 valence electrons. The van der Waals surface area contributed by atoms with Crippen LogP contribution in [0.2, 0.25) is 5.02 Å². The summed E-state index contributed by atoms with van der Waals surface area (Å²) < 4.78 is 0. The van der Waals surface area contributed by atoms with E-state index < -0.39 is 0 Å². The van der Waals surface area contributed by atoms with Gasteiger partial charge in [0.2, 0.25) is 0 Å². The van der Waals surface area contributed by atoms with Gasteiger partial charge in [-0.3, -0.25) is 0 Å². The van der Waals surface area contributed by atoms with Crippen molar-refractivity contribution >= 4 is 23.4 Å². The van der Waals surface area contributed by atoms with Crippen molar-refractivity contribution in [2.24, 2.45) is 0 Å². The Morgan fingerprint density at radius 2 is 2.17 bits per heavy atom. The third kappa shape index (κ3) is 5.94. The van der Waals surface area contributed by atoms with E-state index in [1.807, 2.05) is 30.0 Å². The topological polar surface area (TPSA) is 12.0 Å². The highest BCUT2D eigenvalue weighted by atomic mass is 35.5. The number of nitrogens with one attached hydrogen (secondary N) is 1. The molecule has 0 bridgehead atoms. The summed E-state index contributed by atoms with van der Waals surface area (Å²) in [5.74, 6) is 1.05. The average molecular weight is 284 g/mol. The van der Waals surface area contributed by atoms with Crippen LogP contribution in [0.4, 0.5) is 0 Å². The quantitative estimate of drug-likeness (QED) is 0.545. The predicted molar refractivity (Wildman–Crippen MR) is 83.7 cm³/mol. The fourth-order valence-corrected chi connectivity index (χ4v) is 3.05. The van der Waals surface area contributed by atoms with E-state index in [2.05, 4.69) is 31.8 Å². The minimum Gasteiger partial charge on any atom is -0.313 e. The molecule has 1 aromatic rings. The van der Waals surface area contributed by atoms with Gasteiger partial charge in [0.25, 0.3) is 0 Å². The maximum Gasteiger partial charge on any atom is 0.0541 e. The summed E-state index contributed by atoms with van der Waals surface area (Å²) in [5, 5.41) is 4.37. The highest BCUT2D eigenvalue weighted by Crippen LogP contribution is 2.27. The Balaban J connectivity index is 2.46. The van der Waals surface area contributed by atoms with Gasteiger partial charge in [0, 0.05) is 16.7 Å². The predicted octanol–water partition coefficient (Wildman–Crippen LogP) is 4.77. The van der Waals surface area contributed by atoms with Gasteiger partial charge in [-0.25, -0.2) is 0 Å². The van der Waals surface area contributed by atoms with Crippen LogP contribution in [0.3, 0.4) is 0 Å². The van der Waals surface area contributed by atoms with Crippen LogP contribution in [0.15, 0.2) is 41.3 Å². The van der Waals surface area contributed by atoms with Crippen molar-refractivity contribution in [3.05, 3.63) is 41.4 Å². The van der Waals surface area contributed by atoms with Crippen molar-refractivity contribution < 1.29 is 0 Å². The van der Waals surface area contributed by atoms with Crippen LogP contribution in [0.5, 0.6) is 0 Å². The maximum atomic E-state index is 6.16. The smallest absolute Gasteiger partial charge is 0.0541 e. The zero-order valence-electron chi connectivity index (χ0n) is 11.2. The Bertz CT molecular complexity index is 379. The Labute approximate surface area is 120 Å². The third-order valence-corrected chi connectivity index (χ3v) is 4.37. The summed E-state index contributed by atoms with van der Waals surface area (Å²) in [5.41, 5.74) is 1.25. The molecule has 1 nitrogen and oxygen atoms in total. The molecule has 0 aliphatic heterocycles. The van der Waals surface area contributed by atoms with Crippen molar-refractivity contribution in [1.29, 1.82) is 0 Å². The number of rotatable bonds is 8. The van der Waals surface area contributed by atoms with E-state index in [1.54, 1.807) is 0 Å². The monoisotopic (exact) mass is 283 g/mol. The van der Waals surface area contributed by atoms with Gasteiger partial charge in [0.05, 0.1) is 5.02 Å². The van der Waals surface area contributed by atoms with Gasteiger partial charge in [0.15, 0.2) is 0 Å². The summed E-state index contributed by atoms with van der Waals surface area (Å²) >= 11 is 7.98. The molecule has 0 saturated heterocycles. The third-order valence-electron chi connectivity index (χ3n) is 2.69. The summed E-state index contributed by atoms with van der Waals surface area (Å²) in [6.45, 7) is 9.20. The van der Waals surface area contributed by atoms with Crippen LogP contribution in [0.25, 0.3) is 0 Å². The molecule has 18 heavy (non-hydrogen) atoms. The molecule has 1 aromatic carbocycles. The van der Waals surface area contributed by atoms with E-state index in [-0.39, 0.29) is 0 Å². The zero-order chi connectivity index (χ0) is 13.4. The number of hydrogen-bond acceptors (Lipinski definition) is 2. The molecule has 0 aliphatic carbocycles. The van der Waals surface area contributed by atoms with Crippen molar-refractivity contribution in [2.75, 3.05) is 12.3 Å². The number of halogens is 1. The summed E-state index contributed by atoms with van der Waals surface area (Å²) in [7, 11) is 0. The molecular formula is C15H22ClNS. The second-order valence-electron chi connectivity index (χ2n) is 4.49. The van der Waals surface area contributed by atoms with Gasteiger partial charge in [-0.2, -0.15) is 0 Å². The molecule has 0 aromatic heterocycles. The first-order valence-electron chi connectivity index (χ1n) is 6.38. The highest BCUT2D eigenvalue weighted by Gasteiger charge is 2.09. The molecule has 3 heteroatoms. The van der Waals surface area contributed by atoms with Crippen LogP contribution in [0.1, 0.15) is 26.7 Å². The van der Waals surface area contributed by atoms with E-state index in [0.29, 0.717) is 6.04 Å². The fraction of sp³-hybridized carbons (Fsp3) is 0.467. The highest BCUT2D eigenvalue weighted by molar-refractivity contribution is 7.99. The number of thioether (sulfide) groups is 1. The van der Waals surface area contributed by atoms with Gasteiger partial charge in [0.1, 0.15) is 0 Å². The lowest BCUT2D eigenvalue weighted by Crippen LogP contribution is -2.31. The second kappa shape index (κ2) is 8.63. The molecule has 1 N–H and O–H groups in total. The van der Waals surface area contributed by atoms with Gasteiger partial charge in [-0.1, -0.05) is 36.2 Å². The van der Waals surface area contributed by atoms with Crippen LogP contribution in [-0.4, -0.2) is 18.3 Å². The van der Waals surface area contributed by atoms with E-state index in [4.69, 9.17) is 11.6 Å². The van der Waals surface area contributed by atoms with Crippen LogP contribution in [0, 0.1) is 0 Å². The van der Waals surface area contributed by atoms with Gasteiger partial charge in [-0.05, 0) is 38.4 Å². The lowest BCUT2D eigenvalue weighted by atomic mass is 10.1. The van der Waals surface area contributed by atoms with E-state index >= 15 is 0 Å². The van der Waals surface area contributed by atoms with Crippen LogP contribution < -0.4 is 5.32 Å². The van der Waals surface area contributed by atoms with E-state index in [1.165, 1.54) is 5.57 Å². The number of hydrogen-bond donors (Lipinski definition) is 1. The first-order chi connectivity index (χ1) is 8.63. The molecule has 0 fully saturated rings. The normalized spacial score (nSPS) is 12.4. The number of benzene rings is 1. The molecule has 1 rings (SSSR count). The minimum absolute atomic E-state index is 0.521. The van der Waals surface area contributed by atoms with E-state index in [9.17, 15) is 0 Å². The molecule has 0 spiro atoms. The standard InChI is InChI=1S/C15H22ClNS/c1-4-17-13(10-9-12(2)3)11-18-15-8-6-5-7-14(15)16/h5-8,13,17H,2,4,9-11H2,1,3H3. The molecule has 0 radical (unpaired) electrons. The Morgan fingerprint density at radius 1 is 1.44 bits per heavy atom. The first-order valence-corrected chi connectivity index (χ1v) is 7.75. The number of allylic oxidation sites excluding steroid dienone is 1. The average Bonchev–Trinajstić information content (AvgIpc) is 2.34. The van der Waals surface area contributed by atoms with Crippen molar-refractivity contribution in [3.8, 4) is 0 Å². The van der Waals surface area contributed by atoms with Crippen LogP contribution in [-0.2, 0) is 0 Å². The lowest BCUT2D eigenvalue weighted by molar-refractivity contribution is 0.537. The van der Waals surface area contributed by atoms with Crippen molar-refractivity contribution in [2.45, 2.75) is 37.6 Å². The summed E-state index contributed by atoms with van der Waals surface area (Å²) in [6.07, 6.45) is 2.22. The minimum atomic E-state index is 0.521. The van der Waals surface area contributed by atoms with Crippen molar-refractivity contribution in [1.82, 2.24) is 5.32 Å². The zero-order valence-corrected chi connectivity index (χ0v) is 12.8. The molecule has 0 heterocycles. The molecular weight excluding hydrogens is 262 g/mol. The summed E-state index contributed by atoms with van der Waals surface area (Å²) in [6, 6.07) is 8.54. The second-order valence-corrected chi connectivity index (χ2v) is 5.96. The molecule has 0 aliphatic rings. The summed E-state index contributed by atoms with van der Waals surface area (Å²) in [4.78, 5) is 1.16. The molecule has 0 amide bonds. The van der Waals surface area contributed by atoms with Crippen LogP contribution >= 0.6 is 23.4 Å². The van der Waals surface area contributed by atoms with Gasteiger partial charge in [-0.15, -0.1) is 18.3 Å². The Morgan fingerprint density at radius 3 is 2.78 bits per heavy atom. The molecule has 1 unspecified atom stereocenters. The lowest BCUT2D eigenvalue weighted by Gasteiger charge is -2.17. The fourth-order valence-electron chi connectivity index (χ4n) is 1.71. The Kier molecular flexibility index (Phi) is 7.48. The first kappa shape index (κ1) is 15.6. The largest absolute Gasteiger partial charge is 0.313 e. The molecule has 1 atom stereocenters. The maximum absolute atomic E-state index is 6.16. The Hall–Kier alpha value is -0.440. The van der Waals surface area contributed by atoms with Gasteiger partial charge < -0.3 is 5.32 Å². The van der Waals surface area contributed by atoms with E-state index in [0.717, 1.165) is 35.1 Å².